The molecule has 106 valence electrons. The summed E-state index contributed by atoms with van der Waals surface area (Å²) in [5.74, 6) is 1.88. The molecule has 0 bridgehead atoms. The van der Waals surface area contributed by atoms with E-state index >= 15 is 0 Å². The van der Waals surface area contributed by atoms with Gasteiger partial charge in [0, 0.05) is 24.2 Å². The van der Waals surface area contributed by atoms with Gasteiger partial charge in [-0.1, -0.05) is 0 Å². The standard InChI is InChI=1S/C16H32N2/c1-15(2,3)17-9-7-13-11-18(16(4,5)6)12-14(13)8-10-17/h13-14H,7-12H2,1-6H3/t13-,14+. The van der Waals surface area contributed by atoms with Gasteiger partial charge in [-0.05, 0) is 79.3 Å². The highest BCUT2D eigenvalue weighted by atomic mass is 15.2. The molecule has 2 saturated heterocycles. The zero-order valence-corrected chi connectivity index (χ0v) is 13.3. The van der Waals surface area contributed by atoms with Gasteiger partial charge in [0.05, 0.1) is 0 Å². The van der Waals surface area contributed by atoms with Crippen LogP contribution in [0.1, 0.15) is 54.4 Å². The van der Waals surface area contributed by atoms with E-state index in [1.54, 1.807) is 0 Å². The van der Waals surface area contributed by atoms with Crippen molar-refractivity contribution in [2.75, 3.05) is 26.2 Å². The van der Waals surface area contributed by atoms with Crippen molar-refractivity contribution in [1.82, 2.24) is 9.80 Å². The molecule has 0 aromatic rings. The molecule has 0 aromatic carbocycles. The lowest BCUT2D eigenvalue weighted by molar-refractivity contribution is 0.125. The first-order valence-corrected chi connectivity index (χ1v) is 7.68. The van der Waals surface area contributed by atoms with Gasteiger partial charge in [0.15, 0.2) is 0 Å². The van der Waals surface area contributed by atoms with Gasteiger partial charge in [0.2, 0.25) is 0 Å². The van der Waals surface area contributed by atoms with E-state index in [1.165, 1.54) is 39.0 Å². The minimum absolute atomic E-state index is 0.350. The van der Waals surface area contributed by atoms with Crippen molar-refractivity contribution >= 4 is 0 Å². The van der Waals surface area contributed by atoms with Crippen LogP contribution in [0.25, 0.3) is 0 Å². The Morgan fingerprint density at radius 3 is 1.39 bits per heavy atom. The molecular weight excluding hydrogens is 220 g/mol. The zero-order valence-electron chi connectivity index (χ0n) is 13.3. The van der Waals surface area contributed by atoms with Crippen LogP contribution < -0.4 is 0 Å². The highest BCUT2D eigenvalue weighted by Crippen LogP contribution is 2.36. The van der Waals surface area contributed by atoms with Crippen molar-refractivity contribution in [2.24, 2.45) is 11.8 Å². The zero-order chi connectivity index (χ0) is 13.6. The quantitative estimate of drug-likeness (QED) is 0.653. The van der Waals surface area contributed by atoms with E-state index in [1.807, 2.05) is 0 Å². The van der Waals surface area contributed by atoms with Gasteiger partial charge in [-0.25, -0.2) is 0 Å². The molecule has 0 unspecified atom stereocenters. The van der Waals surface area contributed by atoms with Crippen molar-refractivity contribution in [3.05, 3.63) is 0 Å². The molecule has 0 aliphatic carbocycles. The Hall–Kier alpha value is -0.0800. The van der Waals surface area contributed by atoms with Crippen LogP contribution in [0.5, 0.6) is 0 Å². The Balaban J connectivity index is 1.96. The first kappa shape index (κ1) is 14.3. The second-order valence-electron chi connectivity index (χ2n) is 8.33. The van der Waals surface area contributed by atoms with Gasteiger partial charge in [0.25, 0.3) is 0 Å². The van der Waals surface area contributed by atoms with Crippen molar-refractivity contribution in [3.63, 3.8) is 0 Å². The summed E-state index contributed by atoms with van der Waals surface area (Å²) in [5.41, 5.74) is 0.707. The first-order chi connectivity index (χ1) is 8.18. The smallest absolute Gasteiger partial charge is 0.0125 e. The molecule has 2 heteroatoms. The summed E-state index contributed by atoms with van der Waals surface area (Å²) in [6.45, 7) is 19.4. The first-order valence-electron chi connectivity index (χ1n) is 7.68. The summed E-state index contributed by atoms with van der Waals surface area (Å²) in [5, 5.41) is 0. The number of hydrogen-bond acceptors (Lipinski definition) is 2. The van der Waals surface area contributed by atoms with Gasteiger partial charge in [-0.3, -0.25) is 9.80 Å². The molecule has 2 fully saturated rings. The van der Waals surface area contributed by atoms with Crippen LogP contribution in [0.15, 0.2) is 0 Å². The maximum absolute atomic E-state index is 2.70. The average molecular weight is 252 g/mol. The number of likely N-dealkylation sites (tertiary alicyclic amines) is 2. The molecule has 2 aliphatic heterocycles. The molecular formula is C16H32N2. The number of hydrogen-bond donors (Lipinski definition) is 0. The predicted octanol–water partition coefficient (Wildman–Crippen LogP) is 3.23. The average Bonchev–Trinajstić information content (AvgIpc) is 2.50. The van der Waals surface area contributed by atoms with Crippen LogP contribution in [-0.2, 0) is 0 Å². The molecule has 0 amide bonds. The lowest BCUT2D eigenvalue weighted by Gasteiger charge is -2.36. The minimum atomic E-state index is 0.350. The van der Waals surface area contributed by atoms with E-state index in [2.05, 4.69) is 51.3 Å². The third-order valence-electron chi connectivity index (χ3n) is 5.01. The fourth-order valence-electron chi connectivity index (χ4n) is 3.57. The second kappa shape index (κ2) is 4.79. The van der Waals surface area contributed by atoms with E-state index in [0.717, 1.165) is 11.8 Å². The lowest BCUT2D eigenvalue weighted by Crippen LogP contribution is -2.43. The fraction of sp³-hybridized carbons (Fsp3) is 1.00. The Morgan fingerprint density at radius 1 is 0.667 bits per heavy atom. The Morgan fingerprint density at radius 2 is 1.06 bits per heavy atom. The Bertz CT molecular complexity index is 256. The van der Waals surface area contributed by atoms with Crippen molar-refractivity contribution in [2.45, 2.75) is 65.5 Å². The monoisotopic (exact) mass is 252 g/mol. The molecule has 0 aromatic heterocycles. The SMILES string of the molecule is CC(C)(C)N1CC[C@@H]2CN(C(C)(C)C)C[C@@H]2CC1. The summed E-state index contributed by atoms with van der Waals surface area (Å²) >= 11 is 0. The molecule has 0 N–H and O–H groups in total. The molecule has 2 atom stereocenters. The highest BCUT2D eigenvalue weighted by molar-refractivity contribution is 4.93. The Labute approximate surface area is 114 Å². The van der Waals surface area contributed by atoms with E-state index in [4.69, 9.17) is 0 Å². The van der Waals surface area contributed by atoms with Gasteiger partial charge in [0.1, 0.15) is 0 Å². The number of nitrogens with zero attached hydrogens (tertiary/aromatic N) is 2. The van der Waals surface area contributed by atoms with Gasteiger partial charge in [-0.15, -0.1) is 0 Å². The van der Waals surface area contributed by atoms with Gasteiger partial charge >= 0.3 is 0 Å². The van der Waals surface area contributed by atoms with Crippen LogP contribution >= 0.6 is 0 Å². The lowest BCUT2D eigenvalue weighted by atomic mass is 9.92. The normalized spacial score (nSPS) is 32.3. The number of fused-ring (bicyclic) bond motifs is 1. The molecule has 2 heterocycles. The topological polar surface area (TPSA) is 6.48 Å². The maximum atomic E-state index is 2.70. The number of rotatable bonds is 0. The summed E-state index contributed by atoms with van der Waals surface area (Å²) in [7, 11) is 0. The van der Waals surface area contributed by atoms with Crippen molar-refractivity contribution in [1.29, 1.82) is 0 Å². The summed E-state index contributed by atoms with van der Waals surface area (Å²) in [4.78, 5) is 5.39. The second-order valence-corrected chi connectivity index (χ2v) is 8.33. The van der Waals surface area contributed by atoms with Crippen LogP contribution in [0.3, 0.4) is 0 Å². The Kier molecular flexibility index (Phi) is 3.81. The summed E-state index contributed by atoms with van der Waals surface area (Å²) < 4.78 is 0. The fourth-order valence-corrected chi connectivity index (χ4v) is 3.57. The maximum Gasteiger partial charge on any atom is 0.0125 e. The van der Waals surface area contributed by atoms with E-state index in [-0.39, 0.29) is 0 Å². The third-order valence-corrected chi connectivity index (χ3v) is 5.01. The molecule has 0 saturated carbocycles. The van der Waals surface area contributed by atoms with Crippen molar-refractivity contribution < 1.29 is 0 Å². The summed E-state index contributed by atoms with van der Waals surface area (Å²) in [6.07, 6.45) is 2.79. The predicted molar refractivity (Wildman–Crippen MR) is 78.9 cm³/mol. The molecule has 0 radical (unpaired) electrons. The summed E-state index contributed by atoms with van der Waals surface area (Å²) in [6, 6.07) is 0. The molecule has 2 aliphatic rings. The van der Waals surface area contributed by atoms with Crippen molar-refractivity contribution in [3.8, 4) is 0 Å². The molecule has 18 heavy (non-hydrogen) atoms. The van der Waals surface area contributed by atoms with E-state index in [9.17, 15) is 0 Å². The van der Waals surface area contributed by atoms with Crippen LogP contribution in [0.4, 0.5) is 0 Å². The van der Waals surface area contributed by atoms with Crippen LogP contribution in [0.2, 0.25) is 0 Å². The molecule has 0 spiro atoms. The largest absolute Gasteiger partial charge is 0.298 e. The molecule has 2 nitrogen and oxygen atoms in total. The van der Waals surface area contributed by atoms with Crippen LogP contribution in [0, 0.1) is 11.8 Å². The van der Waals surface area contributed by atoms with Crippen LogP contribution in [-0.4, -0.2) is 47.1 Å². The van der Waals surface area contributed by atoms with Gasteiger partial charge < -0.3 is 0 Å². The molecule has 2 rings (SSSR count). The third kappa shape index (κ3) is 3.08. The van der Waals surface area contributed by atoms with Gasteiger partial charge in [-0.2, -0.15) is 0 Å². The van der Waals surface area contributed by atoms with E-state index in [0.29, 0.717) is 11.1 Å². The van der Waals surface area contributed by atoms with E-state index < -0.39 is 0 Å². The highest BCUT2D eigenvalue weighted by Gasteiger charge is 2.39. The minimum Gasteiger partial charge on any atom is -0.298 e.